The van der Waals surface area contributed by atoms with Gasteiger partial charge in [0.1, 0.15) is 11.3 Å². The fourth-order valence-corrected chi connectivity index (χ4v) is 4.88. The van der Waals surface area contributed by atoms with Gasteiger partial charge in [0.2, 0.25) is 5.89 Å². The fraction of sp³-hybridized carbons (Fsp3) is 0.130. The predicted molar refractivity (Wildman–Crippen MR) is 130 cm³/mol. The largest absolute Gasteiger partial charge is 0.482 e. The zero-order valence-electron chi connectivity index (χ0n) is 16.6. The third-order valence-corrected chi connectivity index (χ3v) is 5.94. The average molecular weight is 565 g/mol. The van der Waals surface area contributed by atoms with Gasteiger partial charge >= 0.3 is 0 Å². The number of fused-ring (bicyclic) bond motifs is 1. The minimum absolute atomic E-state index is 0.138. The molecule has 0 spiro atoms. The molecule has 8 heteroatoms. The van der Waals surface area contributed by atoms with Crippen LogP contribution in [0.4, 0.5) is 5.69 Å². The van der Waals surface area contributed by atoms with Gasteiger partial charge in [-0.05, 0) is 83.4 Å². The molecule has 0 aliphatic rings. The van der Waals surface area contributed by atoms with E-state index in [1.807, 2.05) is 44.2 Å². The molecule has 0 saturated carbocycles. The van der Waals surface area contributed by atoms with Crippen LogP contribution in [0.25, 0.3) is 22.6 Å². The third kappa shape index (κ3) is 4.95. The molecule has 158 valence electrons. The van der Waals surface area contributed by atoms with Crippen LogP contribution >= 0.6 is 43.5 Å². The SMILES string of the molecule is Cc1ccc2oc(-c3cc(NC(=O)COc4c(C)cc(Br)cc4Br)ccc3Cl)nc2c1. The number of nitrogens with one attached hydrogen (secondary N) is 1. The number of carbonyl (C=O) groups excluding carboxylic acids is 1. The minimum atomic E-state index is -0.296. The van der Waals surface area contributed by atoms with Crippen molar-refractivity contribution in [2.24, 2.45) is 0 Å². The molecule has 0 radical (unpaired) electrons. The maximum Gasteiger partial charge on any atom is 0.262 e. The Morgan fingerprint density at radius 2 is 1.94 bits per heavy atom. The number of rotatable bonds is 5. The first-order valence-corrected chi connectivity index (χ1v) is 11.3. The lowest BCUT2D eigenvalue weighted by Gasteiger charge is -2.12. The lowest BCUT2D eigenvalue weighted by Crippen LogP contribution is -2.20. The van der Waals surface area contributed by atoms with Crippen LogP contribution in [0.2, 0.25) is 5.02 Å². The van der Waals surface area contributed by atoms with Crippen molar-refractivity contribution in [1.29, 1.82) is 0 Å². The van der Waals surface area contributed by atoms with Crippen LogP contribution in [-0.2, 0) is 4.79 Å². The lowest BCUT2D eigenvalue weighted by atomic mass is 10.2. The van der Waals surface area contributed by atoms with E-state index in [4.69, 9.17) is 20.8 Å². The number of nitrogens with zero attached hydrogens (tertiary/aromatic N) is 1. The number of ether oxygens (including phenoxy) is 1. The van der Waals surface area contributed by atoms with Gasteiger partial charge in [0.25, 0.3) is 5.91 Å². The minimum Gasteiger partial charge on any atom is -0.482 e. The molecule has 0 atom stereocenters. The van der Waals surface area contributed by atoms with Gasteiger partial charge in [0.05, 0.1) is 15.1 Å². The van der Waals surface area contributed by atoms with E-state index < -0.39 is 0 Å². The van der Waals surface area contributed by atoms with Crippen molar-refractivity contribution in [2.45, 2.75) is 13.8 Å². The summed E-state index contributed by atoms with van der Waals surface area (Å²) in [5, 5.41) is 3.30. The highest BCUT2D eigenvalue weighted by molar-refractivity contribution is 9.11. The van der Waals surface area contributed by atoms with Gasteiger partial charge in [-0.2, -0.15) is 0 Å². The summed E-state index contributed by atoms with van der Waals surface area (Å²) in [5.74, 6) is 0.722. The second-order valence-electron chi connectivity index (χ2n) is 7.06. The van der Waals surface area contributed by atoms with Gasteiger partial charge in [-0.3, -0.25) is 4.79 Å². The second kappa shape index (κ2) is 9.02. The van der Waals surface area contributed by atoms with Crippen molar-refractivity contribution in [3.63, 3.8) is 0 Å². The Bertz CT molecular complexity index is 1280. The molecule has 0 aliphatic carbocycles. The summed E-state index contributed by atoms with van der Waals surface area (Å²) in [4.78, 5) is 17.0. The summed E-state index contributed by atoms with van der Waals surface area (Å²) in [6.07, 6.45) is 0. The van der Waals surface area contributed by atoms with Crippen LogP contribution in [0, 0.1) is 13.8 Å². The van der Waals surface area contributed by atoms with Crippen LogP contribution < -0.4 is 10.1 Å². The molecule has 0 saturated heterocycles. The number of carbonyl (C=O) groups is 1. The summed E-state index contributed by atoms with van der Waals surface area (Å²) in [5.41, 5.74) is 4.60. The fourth-order valence-electron chi connectivity index (χ4n) is 3.13. The zero-order valence-corrected chi connectivity index (χ0v) is 20.6. The molecule has 4 rings (SSSR count). The number of halogens is 3. The van der Waals surface area contributed by atoms with Gasteiger partial charge in [-0.15, -0.1) is 0 Å². The van der Waals surface area contributed by atoms with Crippen molar-refractivity contribution in [2.75, 3.05) is 11.9 Å². The number of benzene rings is 3. The molecule has 1 amide bonds. The normalized spacial score (nSPS) is 11.0. The molecule has 4 aromatic rings. The number of aromatic nitrogens is 1. The van der Waals surface area contributed by atoms with E-state index in [1.54, 1.807) is 18.2 Å². The first kappa shape index (κ1) is 21.9. The molecule has 1 N–H and O–H groups in total. The van der Waals surface area contributed by atoms with Crippen molar-refractivity contribution >= 4 is 66.2 Å². The zero-order chi connectivity index (χ0) is 22.1. The van der Waals surface area contributed by atoms with E-state index in [-0.39, 0.29) is 12.5 Å². The van der Waals surface area contributed by atoms with Gasteiger partial charge in [-0.25, -0.2) is 4.98 Å². The highest BCUT2D eigenvalue weighted by Crippen LogP contribution is 2.34. The molecule has 1 heterocycles. The van der Waals surface area contributed by atoms with Gasteiger partial charge in [0, 0.05) is 10.2 Å². The van der Waals surface area contributed by atoms with E-state index in [9.17, 15) is 4.79 Å². The maximum absolute atomic E-state index is 12.5. The summed E-state index contributed by atoms with van der Waals surface area (Å²) in [7, 11) is 0. The molecule has 1 aromatic heterocycles. The van der Waals surface area contributed by atoms with Crippen molar-refractivity contribution in [3.05, 3.63) is 73.6 Å². The highest BCUT2D eigenvalue weighted by atomic mass is 79.9. The lowest BCUT2D eigenvalue weighted by molar-refractivity contribution is -0.118. The maximum atomic E-state index is 12.5. The van der Waals surface area contributed by atoms with E-state index >= 15 is 0 Å². The van der Waals surface area contributed by atoms with Gasteiger partial charge < -0.3 is 14.5 Å². The summed E-state index contributed by atoms with van der Waals surface area (Å²) < 4.78 is 13.3. The topological polar surface area (TPSA) is 64.4 Å². The number of anilines is 1. The van der Waals surface area contributed by atoms with Crippen molar-refractivity contribution < 1.29 is 13.9 Å². The molecular weight excluding hydrogens is 548 g/mol. The Kier molecular flexibility index (Phi) is 6.36. The van der Waals surface area contributed by atoms with Crippen LogP contribution in [-0.4, -0.2) is 17.5 Å². The van der Waals surface area contributed by atoms with E-state index in [2.05, 4.69) is 42.2 Å². The highest BCUT2D eigenvalue weighted by Gasteiger charge is 2.15. The third-order valence-electron chi connectivity index (χ3n) is 4.57. The standard InChI is InChI=1S/C23H17Br2ClN2O3/c1-12-3-6-20-19(7-12)28-23(31-20)16-10-15(4-5-18(16)26)27-21(29)11-30-22-13(2)8-14(24)9-17(22)25/h3-10H,11H2,1-2H3,(H,27,29). The molecule has 31 heavy (non-hydrogen) atoms. The Morgan fingerprint density at radius 1 is 1.13 bits per heavy atom. The van der Waals surface area contributed by atoms with E-state index in [0.717, 1.165) is 25.6 Å². The smallest absolute Gasteiger partial charge is 0.262 e. The molecular formula is C23H17Br2ClN2O3. The van der Waals surface area contributed by atoms with Gasteiger partial charge in [0.15, 0.2) is 12.2 Å². The number of amides is 1. The van der Waals surface area contributed by atoms with Crippen LogP contribution in [0.3, 0.4) is 0 Å². The Balaban J connectivity index is 1.51. The molecule has 5 nitrogen and oxygen atoms in total. The quantitative estimate of drug-likeness (QED) is 0.276. The first-order valence-electron chi connectivity index (χ1n) is 9.35. The van der Waals surface area contributed by atoms with Crippen LogP contribution in [0.5, 0.6) is 5.75 Å². The van der Waals surface area contributed by atoms with Crippen molar-refractivity contribution in [1.82, 2.24) is 4.98 Å². The predicted octanol–water partition coefficient (Wildman–Crippen LogP) is 7.31. The van der Waals surface area contributed by atoms with Crippen LogP contribution in [0.15, 0.2) is 61.9 Å². The Morgan fingerprint density at radius 3 is 2.71 bits per heavy atom. The van der Waals surface area contributed by atoms with E-state index in [1.165, 1.54) is 0 Å². The second-order valence-corrected chi connectivity index (χ2v) is 9.23. The molecule has 0 unspecified atom stereocenters. The Labute approximate surface area is 201 Å². The van der Waals surface area contributed by atoms with Crippen LogP contribution in [0.1, 0.15) is 11.1 Å². The average Bonchev–Trinajstić information content (AvgIpc) is 3.11. The van der Waals surface area contributed by atoms with Gasteiger partial charge in [-0.1, -0.05) is 33.6 Å². The Hall–Kier alpha value is -2.35. The molecule has 0 bridgehead atoms. The first-order chi connectivity index (χ1) is 14.8. The summed E-state index contributed by atoms with van der Waals surface area (Å²) >= 11 is 13.3. The number of hydrogen-bond acceptors (Lipinski definition) is 4. The molecule has 0 aliphatic heterocycles. The summed E-state index contributed by atoms with van der Waals surface area (Å²) in [6, 6.07) is 14.7. The number of aryl methyl sites for hydroxylation is 2. The molecule has 0 fully saturated rings. The monoisotopic (exact) mass is 562 g/mol. The number of oxazole rings is 1. The van der Waals surface area contributed by atoms with Crippen molar-refractivity contribution in [3.8, 4) is 17.2 Å². The molecule has 3 aromatic carbocycles. The number of hydrogen-bond donors (Lipinski definition) is 1. The summed E-state index contributed by atoms with van der Waals surface area (Å²) in [6.45, 7) is 3.77. The van der Waals surface area contributed by atoms with E-state index in [0.29, 0.717) is 33.5 Å².